The number of aromatic amines is 1. The summed E-state index contributed by atoms with van der Waals surface area (Å²) < 4.78 is 11.4. The molecule has 4 aromatic rings. The molecule has 0 aliphatic heterocycles. The van der Waals surface area contributed by atoms with Crippen LogP contribution in [-0.2, 0) is 6.61 Å². The molecule has 0 atom stereocenters. The smallest absolute Gasteiger partial charge is 0.161 e. The van der Waals surface area contributed by atoms with Crippen LogP contribution in [0.2, 0.25) is 0 Å². The fourth-order valence-electron chi connectivity index (χ4n) is 2.70. The van der Waals surface area contributed by atoms with Gasteiger partial charge in [-0.25, -0.2) is 4.98 Å². The maximum absolute atomic E-state index is 5.92. The standard InChI is InChI=1S/C21H18N2O2S/c1-24-20-11-16(18-12-22-21(23-18)17-9-10-26-14-17)7-8-19(20)25-13-15-5-3-2-4-6-15/h2-12,14H,13H2,1H3,(H,22,23). The van der Waals surface area contributed by atoms with E-state index in [-0.39, 0.29) is 0 Å². The maximum atomic E-state index is 5.92. The number of thiophene rings is 1. The van der Waals surface area contributed by atoms with Gasteiger partial charge in [-0.1, -0.05) is 30.3 Å². The van der Waals surface area contributed by atoms with Crippen LogP contribution in [0.25, 0.3) is 22.6 Å². The Balaban J connectivity index is 1.55. The first-order valence-corrected chi connectivity index (χ1v) is 9.21. The molecule has 0 unspecified atom stereocenters. The summed E-state index contributed by atoms with van der Waals surface area (Å²) in [6.45, 7) is 0.501. The molecule has 0 bridgehead atoms. The predicted octanol–water partition coefficient (Wildman–Crippen LogP) is 5.39. The van der Waals surface area contributed by atoms with Crippen LogP contribution in [0.3, 0.4) is 0 Å². The Morgan fingerprint density at radius 1 is 1.00 bits per heavy atom. The molecule has 130 valence electrons. The third-order valence-corrected chi connectivity index (χ3v) is 4.75. The van der Waals surface area contributed by atoms with Gasteiger partial charge in [-0.05, 0) is 35.2 Å². The Morgan fingerprint density at radius 2 is 1.88 bits per heavy atom. The van der Waals surface area contributed by atoms with Crippen molar-refractivity contribution in [3.8, 4) is 34.1 Å². The van der Waals surface area contributed by atoms with Crippen molar-refractivity contribution in [2.75, 3.05) is 7.11 Å². The second-order valence-corrected chi connectivity index (χ2v) is 6.57. The van der Waals surface area contributed by atoms with Gasteiger partial charge in [-0.2, -0.15) is 11.3 Å². The summed E-state index contributed by atoms with van der Waals surface area (Å²) in [5.74, 6) is 2.27. The summed E-state index contributed by atoms with van der Waals surface area (Å²) in [7, 11) is 1.65. The number of nitrogens with one attached hydrogen (secondary N) is 1. The van der Waals surface area contributed by atoms with E-state index in [0.717, 1.165) is 28.2 Å². The molecule has 26 heavy (non-hydrogen) atoms. The van der Waals surface area contributed by atoms with E-state index in [1.807, 2.05) is 66.2 Å². The lowest BCUT2D eigenvalue weighted by atomic mass is 10.1. The third-order valence-electron chi connectivity index (χ3n) is 4.07. The van der Waals surface area contributed by atoms with Gasteiger partial charge in [-0.15, -0.1) is 0 Å². The lowest BCUT2D eigenvalue weighted by Crippen LogP contribution is -1.97. The van der Waals surface area contributed by atoms with Crippen LogP contribution >= 0.6 is 11.3 Å². The monoisotopic (exact) mass is 362 g/mol. The highest BCUT2D eigenvalue weighted by molar-refractivity contribution is 7.08. The molecular formula is C21H18N2O2S. The van der Waals surface area contributed by atoms with Gasteiger partial charge >= 0.3 is 0 Å². The number of hydrogen-bond donors (Lipinski definition) is 1. The minimum atomic E-state index is 0.501. The van der Waals surface area contributed by atoms with Gasteiger partial charge in [-0.3, -0.25) is 0 Å². The van der Waals surface area contributed by atoms with Crippen molar-refractivity contribution in [1.29, 1.82) is 0 Å². The second kappa shape index (κ2) is 7.45. The van der Waals surface area contributed by atoms with Gasteiger partial charge in [0.2, 0.25) is 0 Å². The van der Waals surface area contributed by atoms with Crippen LogP contribution in [0.1, 0.15) is 5.56 Å². The van der Waals surface area contributed by atoms with Gasteiger partial charge in [0.05, 0.1) is 12.8 Å². The first-order chi connectivity index (χ1) is 12.8. The van der Waals surface area contributed by atoms with Crippen LogP contribution in [0.5, 0.6) is 11.5 Å². The number of nitrogens with zero attached hydrogens (tertiary/aromatic N) is 1. The van der Waals surface area contributed by atoms with Crippen LogP contribution in [0.4, 0.5) is 0 Å². The van der Waals surface area contributed by atoms with Crippen LogP contribution in [-0.4, -0.2) is 17.1 Å². The van der Waals surface area contributed by atoms with E-state index >= 15 is 0 Å². The second-order valence-electron chi connectivity index (χ2n) is 5.79. The lowest BCUT2D eigenvalue weighted by molar-refractivity contribution is 0.284. The van der Waals surface area contributed by atoms with E-state index in [2.05, 4.69) is 15.3 Å². The largest absolute Gasteiger partial charge is 0.493 e. The molecule has 0 spiro atoms. The van der Waals surface area contributed by atoms with Gasteiger partial charge < -0.3 is 14.5 Å². The Morgan fingerprint density at radius 3 is 2.65 bits per heavy atom. The van der Waals surface area contributed by atoms with E-state index in [9.17, 15) is 0 Å². The summed E-state index contributed by atoms with van der Waals surface area (Å²) in [6.07, 6.45) is 1.91. The molecule has 2 aromatic carbocycles. The summed E-state index contributed by atoms with van der Waals surface area (Å²) >= 11 is 1.65. The number of ether oxygens (including phenoxy) is 2. The summed E-state index contributed by atoms with van der Waals surface area (Å²) in [4.78, 5) is 7.91. The zero-order chi connectivity index (χ0) is 17.8. The Bertz CT molecular complexity index is 978. The number of aromatic nitrogens is 2. The zero-order valence-corrected chi connectivity index (χ0v) is 15.1. The van der Waals surface area contributed by atoms with Crippen LogP contribution < -0.4 is 9.47 Å². The number of H-pyrrole nitrogens is 1. The first-order valence-electron chi connectivity index (χ1n) is 8.26. The zero-order valence-electron chi connectivity index (χ0n) is 14.3. The van der Waals surface area contributed by atoms with E-state index < -0.39 is 0 Å². The first kappa shape index (κ1) is 16.4. The molecule has 5 heteroatoms. The average molecular weight is 362 g/mol. The molecule has 0 fully saturated rings. The molecule has 0 aliphatic carbocycles. The van der Waals surface area contributed by atoms with Crippen LogP contribution in [0, 0.1) is 0 Å². The molecule has 0 amide bonds. The topological polar surface area (TPSA) is 47.1 Å². The molecule has 0 radical (unpaired) electrons. The number of benzene rings is 2. The SMILES string of the molecule is COc1cc(-c2c[nH]c(-c3ccsc3)n2)ccc1OCc1ccccc1. The summed E-state index contributed by atoms with van der Waals surface area (Å²) in [6, 6.07) is 18.0. The van der Waals surface area contributed by atoms with E-state index in [4.69, 9.17) is 9.47 Å². The van der Waals surface area contributed by atoms with E-state index in [0.29, 0.717) is 18.1 Å². The quantitative estimate of drug-likeness (QED) is 0.500. The fourth-order valence-corrected chi connectivity index (χ4v) is 3.34. The molecule has 1 N–H and O–H groups in total. The minimum absolute atomic E-state index is 0.501. The van der Waals surface area contributed by atoms with Gasteiger partial charge in [0.1, 0.15) is 12.4 Å². The number of methoxy groups -OCH3 is 1. The molecule has 2 heterocycles. The summed E-state index contributed by atoms with van der Waals surface area (Å²) in [5.41, 5.74) is 4.06. The highest BCUT2D eigenvalue weighted by atomic mass is 32.1. The molecule has 4 rings (SSSR count). The molecular weight excluding hydrogens is 344 g/mol. The van der Waals surface area contributed by atoms with Crippen molar-refractivity contribution in [3.63, 3.8) is 0 Å². The van der Waals surface area contributed by atoms with Gasteiger partial charge in [0.15, 0.2) is 11.5 Å². The van der Waals surface area contributed by atoms with E-state index in [1.54, 1.807) is 18.4 Å². The number of hydrogen-bond acceptors (Lipinski definition) is 4. The van der Waals surface area contributed by atoms with Crippen molar-refractivity contribution in [2.45, 2.75) is 6.61 Å². The van der Waals surface area contributed by atoms with Crippen molar-refractivity contribution in [1.82, 2.24) is 9.97 Å². The van der Waals surface area contributed by atoms with Crippen molar-refractivity contribution < 1.29 is 9.47 Å². The van der Waals surface area contributed by atoms with Crippen molar-refractivity contribution in [3.05, 3.63) is 77.1 Å². The molecule has 4 nitrogen and oxygen atoms in total. The average Bonchev–Trinajstić information content (AvgIpc) is 3.38. The summed E-state index contributed by atoms with van der Waals surface area (Å²) in [5, 5.41) is 4.11. The van der Waals surface area contributed by atoms with Gasteiger partial charge in [0, 0.05) is 22.7 Å². The number of rotatable bonds is 6. The van der Waals surface area contributed by atoms with Crippen LogP contribution in [0.15, 0.2) is 71.6 Å². The third kappa shape index (κ3) is 3.48. The Kier molecular flexibility index (Phi) is 4.71. The number of imidazole rings is 1. The Labute approximate surface area is 156 Å². The normalized spacial score (nSPS) is 10.7. The highest BCUT2D eigenvalue weighted by Crippen LogP contribution is 2.33. The molecule has 0 aliphatic rings. The molecule has 0 saturated heterocycles. The highest BCUT2D eigenvalue weighted by Gasteiger charge is 2.11. The fraction of sp³-hybridized carbons (Fsp3) is 0.0952. The van der Waals surface area contributed by atoms with Crippen molar-refractivity contribution in [2.24, 2.45) is 0 Å². The molecule has 2 aromatic heterocycles. The predicted molar refractivity (Wildman–Crippen MR) is 105 cm³/mol. The van der Waals surface area contributed by atoms with Crippen molar-refractivity contribution >= 4 is 11.3 Å². The minimum Gasteiger partial charge on any atom is -0.493 e. The van der Waals surface area contributed by atoms with Gasteiger partial charge in [0.25, 0.3) is 0 Å². The lowest BCUT2D eigenvalue weighted by Gasteiger charge is -2.11. The van der Waals surface area contributed by atoms with E-state index in [1.165, 1.54) is 0 Å². The maximum Gasteiger partial charge on any atom is 0.161 e. The Hall–Kier alpha value is -3.05. The molecule has 0 saturated carbocycles.